The minimum Gasteiger partial charge on any atom is -0.354 e. The number of hydrogen-bond donors (Lipinski definition) is 1. The van der Waals surface area contributed by atoms with Crippen LogP contribution in [0.5, 0.6) is 0 Å². The highest BCUT2D eigenvalue weighted by molar-refractivity contribution is 5.73. The number of carbonyl (C=O) groups is 1. The molecule has 1 aliphatic carbocycles. The fraction of sp³-hybridized carbons (Fsp3) is 0.929. The first-order valence-corrected chi connectivity index (χ1v) is 7.25. The largest absolute Gasteiger partial charge is 0.354 e. The van der Waals surface area contributed by atoms with Gasteiger partial charge in [0.2, 0.25) is 5.91 Å². The van der Waals surface area contributed by atoms with Crippen molar-refractivity contribution in [2.45, 2.75) is 57.5 Å². The van der Waals surface area contributed by atoms with Gasteiger partial charge in [0.15, 0.2) is 0 Å². The van der Waals surface area contributed by atoms with Crippen LogP contribution < -0.4 is 5.32 Å². The summed E-state index contributed by atoms with van der Waals surface area (Å²) < 4.78 is 0. The van der Waals surface area contributed by atoms with Gasteiger partial charge >= 0.3 is 0 Å². The van der Waals surface area contributed by atoms with Crippen LogP contribution in [-0.4, -0.2) is 36.0 Å². The fourth-order valence-electron chi connectivity index (χ4n) is 4.59. The predicted octanol–water partition coefficient (Wildman–Crippen LogP) is 1.78. The zero-order valence-electron chi connectivity index (χ0n) is 10.8. The minimum atomic E-state index is 0.150. The van der Waals surface area contributed by atoms with Crippen LogP contribution in [0.3, 0.4) is 0 Å². The van der Waals surface area contributed by atoms with Gasteiger partial charge in [-0.05, 0) is 63.5 Å². The monoisotopic (exact) mass is 236 g/mol. The molecule has 3 heteroatoms. The van der Waals surface area contributed by atoms with Crippen molar-refractivity contribution in [1.82, 2.24) is 10.2 Å². The molecule has 0 spiro atoms. The van der Waals surface area contributed by atoms with Crippen LogP contribution in [0.4, 0.5) is 0 Å². The molecule has 0 radical (unpaired) electrons. The van der Waals surface area contributed by atoms with E-state index in [4.69, 9.17) is 0 Å². The molecule has 3 nitrogen and oxygen atoms in total. The van der Waals surface area contributed by atoms with Crippen LogP contribution >= 0.6 is 0 Å². The Morgan fingerprint density at radius 1 is 1.12 bits per heavy atom. The summed E-state index contributed by atoms with van der Waals surface area (Å²) in [5.74, 6) is 1.84. The Labute approximate surface area is 104 Å². The minimum absolute atomic E-state index is 0.150. The van der Waals surface area contributed by atoms with Gasteiger partial charge in [0.25, 0.3) is 0 Å². The van der Waals surface area contributed by atoms with Gasteiger partial charge < -0.3 is 5.32 Å². The predicted molar refractivity (Wildman–Crippen MR) is 67.6 cm³/mol. The first-order valence-electron chi connectivity index (χ1n) is 7.25. The number of carbonyl (C=O) groups excluding carboxylic acids is 1. The van der Waals surface area contributed by atoms with Crippen molar-refractivity contribution >= 4 is 5.91 Å². The fourth-order valence-corrected chi connectivity index (χ4v) is 4.59. The van der Waals surface area contributed by atoms with Crippen LogP contribution in [-0.2, 0) is 4.79 Å². The summed E-state index contributed by atoms with van der Waals surface area (Å²) in [6.07, 6.45) is 7.93. The molecular formula is C14H24N2O. The van der Waals surface area contributed by atoms with Crippen LogP contribution in [0.2, 0.25) is 0 Å². The van der Waals surface area contributed by atoms with Gasteiger partial charge in [-0.25, -0.2) is 0 Å². The van der Waals surface area contributed by atoms with E-state index in [0.29, 0.717) is 6.04 Å². The van der Waals surface area contributed by atoms with Crippen molar-refractivity contribution in [2.24, 2.45) is 11.8 Å². The quantitative estimate of drug-likeness (QED) is 0.752. The number of rotatable bonds is 1. The Balaban J connectivity index is 1.72. The molecule has 3 aliphatic rings. The summed E-state index contributed by atoms with van der Waals surface area (Å²) in [4.78, 5) is 14.0. The maximum Gasteiger partial charge on any atom is 0.217 e. The third-order valence-electron chi connectivity index (χ3n) is 5.01. The maximum absolute atomic E-state index is 11.2. The highest BCUT2D eigenvalue weighted by Crippen LogP contribution is 2.43. The third-order valence-corrected chi connectivity index (χ3v) is 5.01. The zero-order chi connectivity index (χ0) is 11.8. The van der Waals surface area contributed by atoms with Crippen LogP contribution in [0.25, 0.3) is 0 Å². The lowest BCUT2D eigenvalue weighted by Crippen LogP contribution is -2.58. The van der Waals surface area contributed by atoms with Crippen LogP contribution in [0, 0.1) is 11.8 Å². The molecule has 2 atom stereocenters. The first kappa shape index (κ1) is 11.5. The van der Waals surface area contributed by atoms with Gasteiger partial charge in [0.1, 0.15) is 0 Å². The molecule has 0 aromatic rings. The highest BCUT2D eigenvalue weighted by atomic mass is 16.1. The molecule has 17 heavy (non-hydrogen) atoms. The molecular weight excluding hydrogens is 212 g/mol. The molecule has 2 aliphatic heterocycles. The topological polar surface area (TPSA) is 32.3 Å². The average Bonchev–Trinajstić information content (AvgIpc) is 2.28. The maximum atomic E-state index is 11.2. The van der Waals surface area contributed by atoms with Crippen molar-refractivity contribution in [3.63, 3.8) is 0 Å². The number of amides is 1. The normalized spacial score (nSPS) is 41.7. The number of hydrogen-bond acceptors (Lipinski definition) is 2. The molecule has 2 saturated heterocycles. The van der Waals surface area contributed by atoms with Crippen LogP contribution in [0.15, 0.2) is 0 Å². The van der Waals surface area contributed by atoms with E-state index in [1.54, 1.807) is 6.92 Å². The molecule has 3 fully saturated rings. The summed E-state index contributed by atoms with van der Waals surface area (Å²) in [5, 5.41) is 3.16. The lowest BCUT2D eigenvalue weighted by molar-refractivity contribution is -0.120. The Morgan fingerprint density at radius 2 is 1.71 bits per heavy atom. The summed E-state index contributed by atoms with van der Waals surface area (Å²) in [7, 11) is 0. The Bertz CT molecular complexity index is 285. The molecule has 3 rings (SSSR count). The molecule has 2 heterocycles. The lowest BCUT2D eigenvalue weighted by Gasteiger charge is -2.53. The highest BCUT2D eigenvalue weighted by Gasteiger charge is 2.44. The standard InChI is InChI=1S/C14H24N2O/c1-10(17)15-13-8-11-4-2-6-16-7-3-5-12(9-13)14(11)16/h11-14H,2-9H2,1H3,(H,15,17). The Morgan fingerprint density at radius 3 is 2.24 bits per heavy atom. The molecule has 1 amide bonds. The second kappa shape index (κ2) is 4.60. The van der Waals surface area contributed by atoms with Gasteiger partial charge in [-0.15, -0.1) is 0 Å². The molecule has 96 valence electrons. The molecule has 1 N–H and O–H groups in total. The molecule has 1 saturated carbocycles. The molecule has 0 bridgehead atoms. The van der Waals surface area contributed by atoms with Gasteiger partial charge in [-0.3, -0.25) is 9.69 Å². The number of nitrogens with zero attached hydrogens (tertiary/aromatic N) is 1. The molecule has 0 aromatic carbocycles. The van der Waals surface area contributed by atoms with E-state index >= 15 is 0 Å². The lowest BCUT2D eigenvalue weighted by atomic mass is 9.67. The van der Waals surface area contributed by atoms with Crippen molar-refractivity contribution in [3.05, 3.63) is 0 Å². The van der Waals surface area contributed by atoms with Crippen molar-refractivity contribution in [3.8, 4) is 0 Å². The number of piperidine rings is 2. The Kier molecular flexibility index (Phi) is 3.12. The molecule has 0 aromatic heterocycles. The summed E-state index contributed by atoms with van der Waals surface area (Å²) in [6, 6.07) is 1.30. The second-order valence-electron chi connectivity index (χ2n) is 6.20. The van der Waals surface area contributed by atoms with E-state index in [-0.39, 0.29) is 5.91 Å². The molecule has 2 unspecified atom stereocenters. The van der Waals surface area contributed by atoms with Gasteiger partial charge in [0, 0.05) is 19.0 Å². The van der Waals surface area contributed by atoms with Crippen molar-refractivity contribution in [2.75, 3.05) is 13.1 Å². The van der Waals surface area contributed by atoms with Gasteiger partial charge in [0.05, 0.1) is 0 Å². The summed E-state index contributed by atoms with van der Waals surface area (Å²) in [6.45, 7) is 4.30. The van der Waals surface area contributed by atoms with E-state index in [1.165, 1.54) is 51.6 Å². The zero-order valence-corrected chi connectivity index (χ0v) is 10.8. The van der Waals surface area contributed by atoms with Crippen LogP contribution in [0.1, 0.15) is 45.4 Å². The number of nitrogens with one attached hydrogen (secondary N) is 1. The second-order valence-corrected chi connectivity index (χ2v) is 6.20. The smallest absolute Gasteiger partial charge is 0.217 e. The Hall–Kier alpha value is -0.570. The summed E-state index contributed by atoms with van der Waals surface area (Å²) in [5.41, 5.74) is 0. The van der Waals surface area contributed by atoms with Gasteiger partial charge in [-0.1, -0.05) is 0 Å². The summed E-state index contributed by atoms with van der Waals surface area (Å²) >= 11 is 0. The average molecular weight is 236 g/mol. The van der Waals surface area contributed by atoms with E-state index in [9.17, 15) is 4.79 Å². The van der Waals surface area contributed by atoms with E-state index in [2.05, 4.69) is 10.2 Å². The van der Waals surface area contributed by atoms with E-state index in [1.807, 2.05) is 0 Å². The SMILES string of the molecule is CC(=O)NC1CC2CCCN3CCCC(C1)C23. The van der Waals surface area contributed by atoms with E-state index < -0.39 is 0 Å². The van der Waals surface area contributed by atoms with E-state index in [0.717, 1.165) is 17.9 Å². The van der Waals surface area contributed by atoms with Gasteiger partial charge in [-0.2, -0.15) is 0 Å². The third kappa shape index (κ3) is 2.22. The first-order chi connectivity index (χ1) is 8.24. The van der Waals surface area contributed by atoms with Crippen molar-refractivity contribution in [1.29, 1.82) is 0 Å². The van der Waals surface area contributed by atoms with Crippen molar-refractivity contribution < 1.29 is 4.79 Å².